The van der Waals surface area contributed by atoms with Gasteiger partial charge in [-0.1, -0.05) is 17.4 Å². The highest BCUT2D eigenvalue weighted by Crippen LogP contribution is 2.30. The molecule has 9 nitrogen and oxygen atoms in total. The lowest BCUT2D eigenvalue weighted by Crippen LogP contribution is -2.43. The predicted molar refractivity (Wildman–Crippen MR) is 126 cm³/mol. The van der Waals surface area contributed by atoms with Crippen molar-refractivity contribution in [2.75, 3.05) is 43.0 Å². The Morgan fingerprint density at radius 3 is 2.59 bits per heavy atom. The molecule has 0 spiro atoms. The Bertz CT molecular complexity index is 1140. The van der Waals surface area contributed by atoms with E-state index >= 15 is 0 Å². The number of benzene rings is 1. The number of aromatic nitrogens is 1. The van der Waals surface area contributed by atoms with E-state index in [1.165, 1.54) is 10.4 Å². The summed E-state index contributed by atoms with van der Waals surface area (Å²) in [6.07, 6.45) is 1.91. The summed E-state index contributed by atoms with van der Waals surface area (Å²) < 4.78 is 54.5. The largest absolute Gasteiger partial charge is 0.382 e. The van der Waals surface area contributed by atoms with Gasteiger partial charge in [0.05, 0.1) is 17.4 Å². The van der Waals surface area contributed by atoms with Gasteiger partial charge in [-0.25, -0.2) is 26.5 Å². The Morgan fingerprint density at radius 2 is 1.94 bits per heavy atom. The number of nitrogens with one attached hydrogen (secondary N) is 2. The highest BCUT2D eigenvalue weighted by Gasteiger charge is 2.29. The van der Waals surface area contributed by atoms with E-state index in [4.69, 9.17) is 11.0 Å². The molecule has 4 N–H and O–H groups in total. The van der Waals surface area contributed by atoms with Gasteiger partial charge in [0, 0.05) is 32.1 Å². The Kier molecular flexibility index (Phi) is 8.90. The summed E-state index contributed by atoms with van der Waals surface area (Å²) in [4.78, 5) is 16.7. The fraction of sp³-hybridized carbons (Fsp3) is 0.476. The van der Waals surface area contributed by atoms with E-state index in [2.05, 4.69) is 15.6 Å². The van der Waals surface area contributed by atoms with Crippen LogP contribution in [0.1, 0.15) is 40.9 Å². The van der Waals surface area contributed by atoms with Crippen LogP contribution < -0.4 is 16.4 Å². The van der Waals surface area contributed by atoms with Crippen LogP contribution in [0.3, 0.4) is 0 Å². The number of anilines is 2. The number of nitrogens with two attached hydrogens (primary N) is 1. The number of halogens is 2. The van der Waals surface area contributed by atoms with Crippen LogP contribution in [0.2, 0.25) is 0 Å². The second kappa shape index (κ2) is 11.7. The molecule has 0 unspecified atom stereocenters. The average molecular weight is 513 g/mol. The third kappa shape index (κ3) is 6.47. The first kappa shape index (κ1) is 26.0. The Labute approximate surface area is 201 Å². The Morgan fingerprint density at radius 1 is 1.26 bits per heavy atom. The normalized spacial score (nSPS) is 15.2. The quantitative estimate of drug-likeness (QED) is 0.308. The van der Waals surface area contributed by atoms with Crippen molar-refractivity contribution in [3.8, 4) is 6.07 Å². The van der Waals surface area contributed by atoms with Crippen LogP contribution in [0.4, 0.5) is 19.7 Å². The number of thiazole rings is 1. The van der Waals surface area contributed by atoms with Crippen LogP contribution in [0.5, 0.6) is 0 Å². The minimum Gasteiger partial charge on any atom is -0.382 e. The smallest absolute Gasteiger partial charge is 0.214 e. The number of rotatable bonds is 11. The Hall–Kier alpha value is -2.66. The maximum Gasteiger partial charge on any atom is 0.214 e. The predicted octanol–water partition coefficient (Wildman–Crippen LogP) is 2.33. The molecule has 0 radical (unpaired) electrons. The molecule has 3 rings (SSSR count). The maximum absolute atomic E-state index is 14.0. The molecular formula is C21H26F2N6O3S2. The third-order valence-corrected chi connectivity index (χ3v) is 8.35. The third-order valence-electron chi connectivity index (χ3n) is 5.39. The molecule has 1 aromatic carbocycles. The molecule has 1 aliphatic heterocycles. The van der Waals surface area contributed by atoms with E-state index < -0.39 is 33.0 Å². The first-order valence-corrected chi connectivity index (χ1v) is 13.2. The van der Waals surface area contributed by atoms with Crippen LogP contribution in [0, 0.1) is 23.0 Å². The second-order valence-electron chi connectivity index (χ2n) is 7.80. The minimum absolute atomic E-state index is 0.0335. The molecule has 184 valence electrons. The van der Waals surface area contributed by atoms with Crippen molar-refractivity contribution in [2.24, 2.45) is 0 Å². The van der Waals surface area contributed by atoms with Gasteiger partial charge in [0.2, 0.25) is 15.8 Å². The van der Waals surface area contributed by atoms with E-state index in [0.717, 1.165) is 23.5 Å². The van der Waals surface area contributed by atoms with Crippen molar-refractivity contribution < 1.29 is 22.0 Å². The van der Waals surface area contributed by atoms with Gasteiger partial charge in [-0.3, -0.25) is 4.79 Å². The molecule has 34 heavy (non-hydrogen) atoms. The molecule has 0 saturated carbocycles. The van der Waals surface area contributed by atoms with Gasteiger partial charge in [0.25, 0.3) is 0 Å². The topological polar surface area (TPSA) is 141 Å². The zero-order valence-electron chi connectivity index (χ0n) is 18.4. The summed E-state index contributed by atoms with van der Waals surface area (Å²) >= 11 is 0.910. The first-order valence-electron chi connectivity index (χ1n) is 10.8. The zero-order chi connectivity index (χ0) is 24.7. The van der Waals surface area contributed by atoms with Gasteiger partial charge in [-0.2, -0.15) is 5.26 Å². The number of carbonyl (C=O) groups excluding carboxylic acids is 1. The van der Waals surface area contributed by atoms with Crippen molar-refractivity contribution in [1.82, 2.24) is 14.6 Å². The molecule has 0 bridgehead atoms. The maximum atomic E-state index is 14.0. The lowest BCUT2D eigenvalue weighted by molar-refractivity contribution is 0.103. The molecule has 1 fully saturated rings. The van der Waals surface area contributed by atoms with E-state index in [1.54, 1.807) is 0 Å². The second-order valence-corrected chi connectivity index (χ2v) is 10.9. The zero-order valence-corrected chi connectivity index (χ0v) is 20.0. The van der Waals surface area contributed by atoms with Crippen molar-refractivity contribution in [2.45, 2.75) is 31.7 Å². The number of sulfonamides is 1. The molecule has 1 aromatic heterocycles. The average Bonchev–Trinajstić information content (AvgIpc) is 3.16. The van der Waals surface area contributed by atoms with Crippen molar-refractivity contribution in [1.29, 1.82) is 5.26 Å². The molecule has 13 heteroatoms. The van der Waals surface area contributed by atoms with Crippen LogP contribution in [-0.4, -0.2) is 61.5 Å². The van der Waals surface area contributed by atoms with Crippen molar-refractivity contribution >= 4 is 38.1 Å². The molecule has 0 atom stereocenters. The molecule has 0 amide bonds. The monoisotopic (exact) mass is 512 g/mol. The molecular weight excluding hydrogens is 486 g/mol. The summed E-state index contributed by atoms with van der Waals surface area (Å²) in [5, 5.41) is 15.0. The first-order chi connectivity index (χ1) is 16.2. The summed E-state index contributed by atoms with van der Waals surface area (Å²) in [5.41, 5.74) is 5.16. The number of ketones is 1. The van der Waals surface area contributed by atoms with Gasteiger partial charge >= 0.3 is 0 Å². The van der Waals surface area contributed by atoms with E-state index in [0.29, 0.717) is 57.0 Å². The number of nitrogens with zero attached hydrogens (tertiary/aromatic N) is 3. The van der Waals surface area contributed by atoms with Gasteiger partial charge in [-0.05, 0) is 37.9 Å². The SMILES string of the molecule is N#CCCNCCCS(=O)(=O)N1CCC(Nc2nc(N)c(C(=O)c3c(F)cccc3F)s2)CC1. The molecule has 0 aliphatic carbocycles. The minimum atomic E-state index is -3.37. The van der Waals surface area contributed by atoms with Gasteiger partial charge < -0.3 is 16.4 Å². The van der Waals surface area contributed by atoms with Crippen molar-refractivity contribution in [3.05, 3.63) is 40.3 Å². The number of nitriles is 1. The van der Waals surface area contributed by atoms with Gasteiger partial charge in [0.1, 0.15) is 22.3 Å². The number of hydrogen-bond donors (Lipinski definition) is 3. The molecule has 2 aromatic rings. The summed E-state index contributed by atoms with van der Waals surface area (Å²) in [7, 11) is -3.37. The number of piperidine rings is 1. The summed E-state index contributed by atoms with van der Waals surface area (Å²) in [5.74, 6) is -2.91. The van der Waals surface area contributed by atoms with Crippen LogP contribution >= 0.6 is 11.3 Å². The van der Waals surface area contributed by atoms with Crippen LogP contribution in [0.25, 0.3) is 0 Å². The summed E-state index contributed by atoms with van der Waals surface area (Å²) in [6, 6.07) is 5.10. The lowest BCUT2D eigenvalue weighted by Gasteiger charge is -2.31. The fourth-order valence-corrected chi connectivity index (χ4v) is 6.06. The molecule has 1 saturated heterocycles. The molecule has 2 heterocycles. The molecule has 1 aliphatic rings. The highest BCUT2D eigenvalue weighted by molar-refractivity contribution is 7.89. The standard InChI is InChI=1S/C21H26F2N6O3S2/c22-15-4-1-5-16(23)17(15)18(30)19-20(25)28-21(33-19)27-14-6-11-29(12-7-14)34(31,32)13-3-10-26-9-2-8-24/h1,4-5,14,26H,2-3,6-7,9-13,25H2,(H,27,28). The number of carbonyl (C=O) groups is 1. The fourth-order valence-electron chi connectivity index (χ4n) is 3.62. The number of nitrogen functional groups attached to an aromatic ring is 1. The number of hydrogen-bond acceptors (Lipinski definition) is 9. The van der Waals surface area contributed by atoms with E-state index in [9.17, 15) is 22.0 Å². The lowest BCUT2D eigenvalue weighted by atomic mass is 10.1. The van der Waals surface area contributed by atoms with Gasteiger partial charge in [0.15, 0.2) is 5.13 Å². The summed E-state index contributed by atoms with van der Waals surface area (Å²) in [6.45, 7) is 1.75. The van der Waals surface area contributed by atoms with Crippen LogP contribution in [-0.2, 0) is 10.0 Å². The van der Waals surface area contributed by atoms with Crippen molar-refractivity contribution in [3.63, 3.8) is 0 Å². The van der Waals surface area contributed by atoms with Gasteiger partial charge in [-0.15, -0.1) is 0 Å². The van der Waals surface area contributed by atoms with E-state index in [1.807, 2.05) is 6.07 Å². The van der Waals surface area contributed by atoms with E-state index in [-0.39, 0.29) is 22.5 Å². The Balaban J connectivity index is 1.53. The van der Waals surface area contributed by atoms with Crippen LogP contribution in [0.15, 0.2) is 18.2 Å². The highest BCUT2D eigenvalue weighted by atomic mass is 32.2.